The number of benzene rings is 1. The summed E-state index contributed by atoms with van der Waals surface area (Å²) in [5.41, 5.74) is 2.53. The fraction of sp³-hybridized carbons (Fsp3) is 0.471. The predicted molar refractivity (Wildman–Crippen MR) is 87.6 cm³/mol. The van der Waals surface area contributed by atoms with Gasteiger partial charge in [0, 0.05) is 28.8 Å². The summed E-state index contributed by atoms with van der Waals surface area (Å²) < 4.78 is 0.268. The minimum atomic E-state index is -0.0412. The maximum absolute atomic E-state index is 12.2. The van der Waals surface area contributed by atoms with E-state index < -0.39 is 0 Å². The number of carbonyl (C=O) groups excluding carboxylic acids is 1. The first-order valence-electron chi connectivity index (χ1n) is 7.14. The second-order valence-electron chi connectivity index (χ2n) is 5.37. The van der Waals surface area contributed by atoms with Crippen molar-refractivity contribution in [3.63, 3.8) is 0 Å². The van der Waals surface area contributed by atoms with E-state index in [-0.39, 0.29) is 17.3 Å². The number of carbonyl (C=O) groups is 1. The van der Waals surface area contributed by atoms with Crippen molar-refractivity contribution in [1.29, 1.82) is 0 Å². The first-order chi connectivity index (χ1) is 10.1. The summed E-state index contributed by atoms with van der Waals surface area (Å²) in [5, 5.41) is 11.8. The van der Waals surface area contributed by atoms with Crippen molar-refractivity contribution >= 4 is 17.7 Å². The number of amides is 1. The summed E-state index contributed by atoms with van der Waals surface area (Å²) in [6.07, 6.45) is 4.91. The molecule has 1 aromatic carbocycles. The highest BCUT2D eigenvalue weighted by Crippen LogP contribution is 2.46. The van der Waals surface area contributed by atoms with Crippen molar-refractivity contribution in [2.75, 3.05) is 19.4 Å². The molecule has 112 valence electrons. The number of aliphatic hydroxyl groups is 1. The zero-order valence-corrected chi connectivity index (χ0v) is 13.3. The molecule has 0 bridgehead atoms. The molecule has 0 atom stereocenters. The van der Waals surface area contributed by atoms with Crippen molar-refractivity contribution in [3.05, 3.63) is 34.9 Å². The number of rotatable bonds is 5. The lowest BCUT2D eigenvalue weighted by atomic mass is 10.0. The van der Waals surface area contributed by atoms with Crippen molar-refractivity contribution in [2.45, 2.75) is 30.9 Å². The van der Waals surface area contributed by atoms with Gasteiger partial charge in [0.2, 0.25) is 0 Å². The van der Waals surface area contributed by atoms with Crippen LogP contribution in [0, 0.1) is 18.8 Å². The van der Waals surface area contributed by atoms with Gasteiger partial charge >= 0.3 is 0 Å². The van der Waals surface area contributed by atoms with Gasteiger partial charge in [0.15, 0.2) is 0 Å². The van der Waals surface area contributed by atoms with E-state index >= 15 is 0 Å². The van der Waals surface area contributed by atoms with E-state index in [1.54, 1.807) is 0 Å². The smallest absolute Gasteiger partial charge is 0.251 e. The van der Waals surface area contributed by atoms with Gasteiger partial charge < -0.3 is 10.4 Å². The van der Waals surface area contributed by atoms with Gasteiger partial charge in [-0.2, -0.15) is 11.8 Å². The minimum Gasteiger partial charge on any atom is -0.395 e. The molecule has 0 spiro atoms. The third kappa shape index (κ3) is 4.26. The van der Waals surface area contributed by atoms with Crippen LogP contribution >= 0.6 is 11.8 Å². The second kappa shape index (κ2) is 7.02. The van der Waals surface area contributed by atoms with Crippen LogP contribution in [0.3, 0.4) is 0 Å². The Bertz CT molecular complexity index is 582. The molecule has 2 N–H and O–H groups in total. The number of thioether (sulfide) groups is 1. The Morgan fingerprint density at radius 2 is 2.24 bits per heavy atom. The number of hydrogen-bond acceptors (Lipinski definition) is 3. The highest BCUT2D eigenvalue weighted by atomic mass is 32.2. The highest BCUT2D eigenvalue weighted by Gasteiger charge is 2.41. The van der Waals surface area contributed by atoms with Gasteiger partial charge in [-0.3, -0.25) is 4.79 Å². The molecule has 0 unspecified atom stereocenters. The summed E-state index contributed by atoms with van der Waals surface area (Å²) in [6.45, 7) is 2.76. The lowest BCUT2D eigenvalue weighted by molar-refractivity contribution is 0.0953. The van der Waals surface area contributed by atoms with E-state index in [9.17, 15) is 4.79 Å². The molecule has 1 fully saturated rings. The largest absolute Gasteiger partial charge is 0.395 e. The third-order valence-corrected chi connectivity index (χ3v) is 5.19. The van der Waals surface area contributed by atoms with Crippen LogP contribution in [0.15, 0.2) is 18.2 Å². The van der Waals surface area contributed by atoms with Crippen LogP contribution in [0.5, 0.6) is 0 Å². The molecule has 3 nitrogen and oxygen atoms in total. The number of aliphatic hydroxyl groups excluding tert-OH is 1. The van der Waals surface area contributed by atoms with E-state index in [1.807, 2.05) is 36.9 Å². The second-order valence-corrected chi connectivity index (χ2v) is 6.65. The average molecular weight is 303 g/mol. The van der Waals surface area contributed by atoms with E-state index in [2.05, 4.69) is 23.4 Å². The van der Waals surface area contributed by atoms with Crippen LogP contribution in [-0.4, -0.2) is 35.2 Å². The van der Waals surface area contributed by atoms with Crippen molar-refractivity contribution in [2.24, 2.45) is 0 Å². The summed E-state index contributed by atoms with van der Waals surface area (Å²) in [6, 6.07) is 5.58. The van der Waals surface area contributed by atoms with Crippen molar-refractivity contribution in [3.8, 4) is 11.8 Å². The normalized spacial score (nSPS) is 15.0. The minimum absolute atomic E-state index is 0.0412. The number of aryl methyl sites for hydroxylation is 1. The quantitative estimate of drug-likeness (QED) is 0.821. The summed E-state index contributed by atoms with van der Waals surface area (Å²) in [4.78, 5) is 12.2. The monoisotopic (exact) mass is 303 g/mol. The molecular formula is C17H21NO2S. The summed E-state index contributed by atoms with van der Waals surface area (Å²) >= 11 is 1.83. The lowest BCUT2D eigenvalue weighted by Gasteiger charge is -2.13. The van der Waals surface area contributed by atoms with Crippen LogP contribution < -0.4 is 5.32 Å². The molecule has 1 aliphatic carbocycles. The van der Waals surface area contributed by atoms with Gasteiger partial charge in [-0.05, 0) is 43.7 Å². The first kappa shape index (κ1) is 15.9. The number of nitrogens with one attached hydrogen (secondary N) is 1. The molecule has 0 aromatic heterocycles. The van der Waals surface area contributed by atoms with Crippen LogP contribution in [0.2, 0.25) is 0 Å². The molecule has 4 heteroatoms. The van der Waals surface area contributed by atoms with Gasteiger partial charge in [0.25, 0.3) is 5.91 Å². The predicted octanol–water partition coefficient (Wildman–Crippen LogP) is 2.35. The van der Waals surface area contributed by atoms with Crippen molar-refractivity contribution < 1.29 is 9.90 Å². The Labute approximate surface area is 130 Å². The standard InChI is InChI=1S/C17H21NO2S/c1-13-6-7-15(11-14(13)5-3-4-10-19)16(20)18-12-17(21-2)8-9-17/h6-7,11,19H,4,8-10,12H2,1-2H3,(H,18,20). The van der Waals surface area contributed by atoms with E-state index in [0.29, 0.717) is 12.0 Å². The Hall–Kier alpha value is -1.44. The molecule has 1 saturated carbocycles. The molecule has 2 rings (SSSR count). The SMILES string of the molecule is CSC1(CNC(=O)c2ccc(C)c(C#CCCO)c2)CC1. The summed E-state index contributed by atoms with van der Waals surface area (Å²) in [5.74, 6) is 5.87. The zero-order chi connectivity index (χ0) is 15.3. The Morgan fingerprint density at radius 1 is 1.48 bits per heavy atom. The van der Waals surface area contributed by atoms with Gasteiger partial charge in [0.05, 0.1) is 6.61 Å². The Balaban J connectivity index is 2.04. The molecule has 1 amide bonds. The lowest BCUT2D eigenvalue weighted by Crippen LogP contribution is -2.31. The summed E-state index contributed by atoms with van der Waals surface area (Å²) in [7, 11) is 0. The molecule has 0 saturated heterocycles. The van der Waals surface area contributed by atoms with E-state index in [1.165, 1.54) is 12.8 Å². The maximum atomic E-state index is 12.2. The molecule has 1 aromatic rings. The Morgan fingerprint density at radius 3 is 2.86 bits per heavy atom. The van der Waals surface area contributed by atoms with Crippen LogP contribution in [0.4, 0.5) is 0 Å². The molecule has 0 radical (unpaired) electrons. The van der Waals surface area contributed by atoms with Crippen LogP contribution in [-0.2, 0) is 0 Å². The average Bonchev–Trinajstić information content (AvgIpc) is 3.27. The number of hydrogen-bond donors (Lipinski definition) is 2. The van der Waals surface area contributed by atoms with Crippen LogP contribution in [0.25, 0.3) is 0 Å². The molecule has 0 heterocycles. The van der Waals surface area contributed by atoms with E-state index in [0.717, 1.165) is 17.7 Å². The van der Waals surface area contributed by atoms with Crippen LogP contribution in [0.1, 0.15) is 40.7 Å². The fourth-order valence-corrected chi connectivity index (χ4v) is 2.77. The molecule has 1 aliphatic rings. The molecular weight excluding hydrogens is 282 g/mol. The van der Waals surface area contributed by atoms with E-state index in [4.69, 9.17) is 5.11 Å². The first-order valence-corrected chi connectivity index (χ1v) is 8.36. The highest BCUT2D eigenvalue weighted by molar-refractivity contribution is 8.00. The van der Waals surface area contributed by atoms with Gasteiger partial charge in [-0.25, -0.2) is 0 Å². The van der Waals surface area contributed by atoms with Gasteiger partial charge in [-0.15, -0.1) is 0 Å². The molecule has 21 heavy (non-hydrogen) atoms. The maximum Gasteiger partial charge on any atom is 0.251 e. The zero-order valence-electron chi connectivity index (χ0n) is 12.5. The topological polar surface area (TPSA) is 49.3 Å². The Kier molecular flexibility index (Phi) is 5.33. The van der Waals surface area contributed by atoms with Gasteiger partial charge in [0.1, 0.15) is 0 Å². The fourth-order valence-electron chi connectivity index (χ4n) is 2.05. The van der Waals surface area contributed by atoms with Gasteiger partial charge in [-0.1, -0.05) is 17.9 Å². The molecule has 0 aliphatic heterocycles. The third-order valence-electron chi connectivity index (χ3n) is 3.77. The van der Waals surface area contributed by atoms with Crippen molar-refractivity contribution in [1.82, 2.24) is 5.32 Å².